The Morgan fingerprint density at radius 1 is 0.923 bits per heavy atom. The summed E-state index contributed by atoms with van der Waals surface area (Å²) in [6.45, 7) is 12.5. The number of likely N-dealkylation sites (tertiary alicyclic amines) is 1. The minimum atomic E-state index is -0.103. The summed E-state index contributed by atoms with van der Waals surface area (Å²) in [5, 5.41) is 12.2. The molecular weight excluding hydrogens is 484 g/mol. The van der Waals surface area contributed by atoms with Crippen LogP contribution in [0.2, 0.25) is 0 Å². The topological polar surface area (TPSA) is 75.5 Å². The average molecular weight is 527 g/mol. The minimum absolute atomic E-state index is 0.103. The number of piperidine rings is 1. The van der Waals surface area contributed by atoms with Crippen molar-refractivity contribution < 1.29 is 4.79 Å². The molecule has 2 aromatic rings. The van der Waals surface area contributed by atoms with Crippen LogP contribution in [-0.2, 0) is 6.54 Å². The number of benzene rings is 1. The molecule has 1 N–H and O–H groups in total. The summed E-state index contributed by atoms with van der Waals surface area (Å²) in [7, 11) is 0. The van der Waals surface area contributed by atoms with E-state index in [1.54, 1.807) is 6.20 Å². The summed E-state index contributed by atoms with van der Waals surface area (Å²) in [5.41, 5.74) is 4.35. The highest BCUT2D eigenvalue weighted by Gasteiger charge is 2.24. The van der Waals surface area contributed by atoms with Crippen molar-refractivity contribution in [2.24, 2.45) is 5.92 Å². The number of carbonyl (C=O) groups excluding carboxylic acids is 1. The van der Waals surface area contributed by atoms with Crippen molar-refractivity contribution in [2.45, 2.75) is 57.5 Å². The van der Waals surface area contributed by atoms with Gasteiger partial charge in [0.1, 0.15) is 5.69 Å². The van der Waals surface area contributed by atoms with Crippen molar-refractivity contribution in [3.8, 4) is 6.07 Å². The molecule has 1 aromatic carbocycles. The zero-order valence-corrected chi connectivity index (χ0v) is 23.2. The van der Waals surface area contributed by atoms with E-state index >= 15 is 0 Å². The van der Waals surface area contributed by atoms with Crippen LogP contribution in [0.4, 0.5) is 0 Å². The van der Waals surface area contributed by atoms with Gasteiger partial charge in [-0.2, -0.15) is 5.26 Å². The van der Waals surface area contributed by atoms with Crippen LogP contribution < -0.4 is 5.32 Å². The van der Waals surface area contributed by atoms with E-state index in [4.69, 9.17) is 5.26 Å². The second-order valence-corrected chi connectivity index (χ2v) is 11.5. The fraction of sp³-hybridized carbons (Fsp3) is 0.531. The number of nitrogens with one attached hydrogen (secondary N) is 1. The molecule has 0 radical (unpaired) electrons. The molecule has 1 saturated carbocycles. The maximum Gasteiger partial charge on any atom is 0.270 e. The maximum absolute atomic E-state index is 12.9. The fourth-order valence-corrected chi connectivity index (χ4v) is 6.25. The van der Waals surface area contributed by atoms with Crippen LogP contribution in [0.5, 0.6) is 0 Å². The number of nitrogens with zero attached hydrogens (tertiary/aromatic N) is 5. The Morgan fingerprint density at radius 2 is 1.64 bits per heavy atom. The molecule has 5 rings (SSSR count). The third kappa shape index (κ3) is 7.46. The molecule has 7 nitrogen and oxygen atoms in total. The first-order valence-electron chi connectivity index (χ1n) is 14.7. The predicted molar refractivity (Wildman–Crippen MR) is 155 cm³/mol. The Morgan fingerprint density at radius 3 is 2.28 bits per heavy atom. The lowest BCUT2D eigenvalue weighted by atomic mass is 9.89. The molecule has 2 aliphatic heterocycles. The van der Waals surface area contributed by atoms with Gasteiger partial charge in [0.15, 0.2) is 0 Å². The summed E-state index contributed by atoms with van der Waals surface area (Å²) in [4.78, 5) is 24.8. The first-order chi connectivity index (χ1) is 19.1. The van der Waals surface area contributed by atoms with E-state index in [0.717, 1.165) is 75.8 Å². The van der Waals surface area contributed by atoms with Crippen LogP contribution in [0.15, 0.2) is 49.2 Å². The van der Waals surface area contributed by atoms with Crippen molar-refractivity contribution in [1.29, 1.82) is 5.26 Å². The Hall–Kier alpha value is -3.21. The van der Waals surface area contributed by atoms with Gasteiger partial charge >= 0.3 is 0 Å². The van der Waals surface area contributed by atoms with E-state index in [1.807, 2.05) is 36.4 Å². The van der Waals surface area contributed by atoms with E-state index in [1.165, 1.54) is 44.2 Å². The highest BCUT2D eigenvalue weighted by atomic mass is 16.1. The summed E-state index contributed by atoms with van der Waals surface area (Å²) >= 11 is 0. The van der Waals surface area contributed by atoms with E-state index in [9.17, 15) is 4.79 Å². The molecule has 3 aliphatic rings. The normalized spacial score (nSPS) is 19.9. The van der Waals surface area contributed by atoms with Gasteiger partial charge in [0.25, 0.3) is 5.91 Å². The lowest BCUT2D eigenvalue weighted by Gasteiger charge is -2.39. The highest BCUT2D eigenvalue weighted by molar-refractivity contribution is 5.92. The molecule has 0 atom stereocenters. The summed E-state index contributed by atoms with van der Waals surface area (Å²) in [5.74, 6) is 0.784. The van der Waals surface area contributed by atoms with Crippen LogP contribution in [0, 0.1) is 17.2 Å². The van der Waals surface area contributed by atoms with Gasteiger partial charge in [-0.1, -0.05) is 38.0 Å². The zero-order chi connectivity index (χ0) is 27.0. The second-order valence-electron chi connectivity index (χ2n) is 11.5. The maximum atomic E-state index is 12.9. The summed E-state index contributed by atoms with van der Waals surface area (Å²) in [6, 6.07) is 13.9. The Bertz CT molecular complexity index is 1130. The number of hydrogen-bond donors (Lipinski definition) is 1. The monoisotopic (exact) mass is 526 g/mol. The lowest BCUT2D eigenvalue weighted by Crippen LogP contribution is -2.47. The van der Waals surface area contributed by atoms with Crippen molar-refractivity contribution in [3.05, 3.63) is 71.6 Å². The summed E-state index contributed by atoms with van der Waals surface area (Å²) in [6.07, 6.45) is 10.7. The van der Waals surface area contributed by atoms with E-state index in [0.29, 0.717) is 11.3 Å². The van der Waals surface area contributed by atoms with Crippen LogP contribution in [0.1, 0.15) is 72.1 Å². The highest BCUT2D eigenvalue weighted by Crippen LogP contribution is 2.26. The number of amides is 1. The Kier molecular flexibility index (Phi) is 9.28. The van der Waals surface area contributed by atoms with E-state index in [2.05, 4.69) is 37.6 Å². The second kappa shape index (κ2) is 13.2. The third-order valence-corrected chi connectivity index (χ3v) is 8.74. The third-order valence-electron chi connectivity index (χ3n) is 8.74. The first kappa shape index (κ1) is 27.4. The van der Waals surface area contributed by atoms with Gasteiger partial charge in [0.2, 0.25) is 0 Å². The molecule has 1 aliphatic carbocycles. The molecule has 39 heavy (non-hydrogen) atoms. The number of hydrogen-bond acceptors (Lipinski definition) is 6. The van der Waals surface area contributed by atoms with Gasteiger partial charge in [-0.15, -0.1) is 0 Å². The Labute approximate surface area is 233 Å². The fourth-order valence-electron chi connectivity index (χ4n) is 6.25. The standard InChI is InChI=1S/C32H42N6O/c1-25(38-19-17-37(18-20-38)23-27-5-3-2-4-6-27)29-11-12-31(34-22-29)32(39)35-30-13-15-36(16-14-30)24-28-9-7-26(21-33)8-10-28/h7-12,22,27,30H,1-6,13-20,23-24H2,(H,35,39). The van der Waals surface area contributed by atoms with Gasteiger partial charge in [-0.25, -0.2) is 0 Å². The molecular formula is C32H42N6O. The number of pyridine rings is 1. The first-order valence-corrected chi connectivity index (χ1v) is 14.7. The average Bonchev–Trinajstić information content (AvgIpc) is 2.99. The van der Waals surface area contributed by atoms with Crippen LogP contribution in [0.25, 0.3) is 5.70 Å². The smallest absolute Gasteiger partial charge is 0.270 e. The molecule has 3 fully saturated rings. The quantitative estimate of drug-likeness (QED) is 0.545. The van der Waals surface area contributed by atoms with Gasteiger partial charge < -0.3 is 10.2 Å². The zero-order valence-electron chi connectivity index (χ0n) is 23.2. The summed E-state index contributed by atoms with van der Waals surface area (Å²) < 4.78 is 0. The molecule has 206 valence electrons. The van der Waals surface area contributed by atoms with Gasteiger partial charge in [-0.3, -0.25) is 19.6 Å². The number of aromatic nitrogens is 1. The van der Waals surface area contributed by atoms with Crippen molar-refractivity contribution in [3.63, 3.8) is 0 Å². The molecule has 0 bridgehead atoms. The number of carbonyl (C=O) groups is 1. The molecule has 0 spiro atoms. The molecule has 7 heteroatoms. The minimum Gasteiger partial charge on any atom is -0.369 e. The van der Waals surface area contributed by atoms with Crippen molar-refractivity contribution >= 4 is 11.6 Å². The van der Waals surface area contributed by atoms with Gasteiger partial charge in [-0.05, 0) is 61.4 Å². The molecule has 2 saturated heterocycles. The number of nitriles is 1. The van der Waals surface area contributed by atoms with Crippen molar-refractivity contribution in [2.75, 3.05) is 45.8 Å². The van der Waals surface area contributed by atoms with Crippen LogP contribution in [-0.4, -0.2) is 77.4 Å². The Balaban J connectivity index is 1.04. The predicted octanol–water partition coefficient (Wildman–Crippen LogP) is 4.52. The molecule has 1 amide bonds. The molecule has 0 unspecified atom stereocenters. The van der Waals surface area contributed by atoms with E-state index < -0.39 is 0 Å². The largest absolute Gasteiger partial charge is 0.369 e. The van der Waals surface area contributed by atoms with E-state index in [-0.39, 0.29) is 11.9 Å². The molecule has 1 aromatic heterocycles. The van der Waals surface area contributed by atoms with Crippen LogP contribution in [0.3, 0.4) is 0 Å². The number of piperazine rings is 1. The van der Waals surface area contributed by atoms with Crippen LogP contribution >= 0.6 is 0 Å². The SMILES string of the molecule is C=C(c1ccc(C(=O)NC2CCN(Cc3ccc(C#N)cc3)CC2)nc1)N1CCN(CC2CCCCC2)CC1. The molecule has 3 heterocycles. The number of rotatable bonds is 8. The van der Waals surface area contributed by atoms with Gasteiger partial charge in [0, 0.05) is 75.9 Å². The lowest BCUT2D eigenvalue weighted by molar-refractivity contribution is 0.0904. The van der Waals surface area contributed by atoms with Gasteiger partial charge in [0.05, 0.1) is 11.6 Å². The van der Waals surface area contributed by atoms with Crippen molar-refractivity contribution in [1.82, 2.24) is 25.0 Å².